The first-order valence-corrected chi connectivity index (χ1v) is 3.61. The zero-order valence-electron chi connectivity index (χ0n) is 6.67. The molecular formula is C8H10F2N2. The summed E-state index contributed by atoms with van der Waals surface area (Å²) in [7, 11) is 0. The number of nitrogens with zero attached hydrogens (tertiary/aromatic N) is 1. The number of halogens is 2. The topological polar surface area (TPSA) is 38.9 Å². The molecule has 0 radical (unpaired) electrons. The van der Waals surface area contributed by atoms with Crippen LogP contribution in [0.4, 0.5) is 8.78 Å². The van der Waals surface area contributed by atoms with Gasteiger partial charge >= 0.3 is 0 Å². The third-order valence-electron chi connectivity index (χ3n) is 1.52. The summed E-state index contributed by atoms with van der Waals surface area (Å²) in [5.74, 6) is 0. The molecule has 0 aliphatic rings. The minimum Gasteiger partial charge on any atom is -0.323 e. The van der Waals surface area contributed by atoms with Crippen LogP contribution in [0.1, 0.15) is 30.6 Å². The van der Waals surface area contributed by atoms with Crippen molar-refractivity contribution in [3.63, 3.8) is 0 Å². The number of rotatable bonds is 2. The normalized spacial score (nSPS) is 13.4. The summed E-state index contributed by atoms with van der Waals surface area (Å²) >= 11 is 0. The molecule has 0 bridgehead atoms. The maximum Gasteiger partial charge on any atom is 0.263 e. The van der Waals surface area contributed by atoms with Crippen LogP contribution in [0.3, 0.4) is 0 Å². The van der Waals surface area contributed by atoms with E-state index in [1.807, 2.05) is 0 Å². The van der Waals surface area contributed by atoms with Crippen LogP contribution >= 0.6 is 0 Å². The van der Waals surface area contributed by atoms with Gasteiger partial charge in [-0.05, 0) is 19.1 Å². The molecule has 1 aromatic rings. The van der Waals surface area contributed by atoms with Gasteiger partial charge in [0.2, 0.25) is 0 Å². The number of nitrogens with two attached hydrogens (primary N) is 1. The summed E-state index contributed by atoms with van der Waals surface area (Å²) in [6, 6.07) is 2.31. The number of pyridine rings is 1. The van der Waals surface area contributed by atoms with Crippen molar-refractivity contribution in [1.29, 1.82) is 0 Å². The van der Waals surface area contributed by atoms with Gasteiger partial charge < -0.3 is 5.73 Å². The summed E-state index contributed by atoms with van der Waals surface area (Å²) in [6.07, 6.45) is -1.11. The smallest absolute Gasteiger partial charge is 0.263 e. The molecule has 0 spiro atoms. The lowest BCUT2D eigenvalue weighted by Gasteiger charge is -2.05. The molecule has 0 amide bonds. The number of hydrogen-bond acceptors (Lipinski definition) is 2. The van der Waals surface area contributed by atoms with Gasteiger partial charge in [-0.15, -0.1) is 0 Å². The van der Waals surface area contributed by atoms with E-state index in [-0.39, 0.29) is 11.6 Å². The predicted molar refractivity (Wildman–Crippen MR) is 41.8 cm³/mol. The summed E-state index contributed by atoms with van der Waals surface area (Å²) in [5.41, 5.74) is 5.94. The Morgan fingerprint density at radius 1 is 1.50 bits per heavy atom. The van der Waals surface area contributed by atoms with Crippen LogP contribution in [0.15, 0.2) is 18.3 Å². The minimum atomic E-state index is -2.45. The van der Waals surface area contributed by atoms with Crippen LogP contribution in [0.5, 0.6) is 0 Å². The van der Waals surface area contributed by atoms with Crippen LogP contribution in [0.25, 0.3) is 0 Å². The predicted octanol–water partition coefficient (Wildman–Crippen LogP) is 2.04. The van der Waals surface area contributed by atoms with Gasteiger partial charge in [-0.3, -0.25) is 4.98 Å². The molecule has 1 rings (SSSR count). The first kappa shape index (κ1) is 9.06. The lowest BCUT2D eigenvalue weighted by molar-refractivity contribution is 0.151. The van der Waals surface area contributed by atoms with Gasteiger partial charge in [0.1, 0.15) is 0 Å². The molecule has 4 heteroatoms. The molecule has 66 valence electrons. The van der Waals surface area contributed by atoms with E-state index in [1.54, 1.807) is 6.92 Å². The molecule has 1 heterocycles. The third kappa shape index (κ3) is 1.98. The van der Waals surface area contributed by atoms with Gasteiger partial charge in [-0.1, -0.05) is 0 Å². The summed E-state index contributed by atoms with van der Waals surface area (Å²) in [4.78, 5) is 3.86. The van der Waals surface area contributed by atoms with E-state index >= 15 is 0 Å². The Balaban J connectivity index is 2.96. The summed E-state index contributed by atoms with van der Waals surface area (Å²) in [5, 5.41) is 0. The average Bonchev–Trinajstić information content (AvgIpc) is 2.04. The van der Waals surface area contributed by atoms with Crippen LogP contribution in [0.2, 0.25) is 0 Å². The van der Waals surface area contributed by atoms with Crippen molar-refractivity contribution in [3.05, 3.63) is 29.6 Å². The number of aromatic nitrogens is 1. The second-order valence-electron chi connectivity index (χ2n) is 2.60. The van der Waals surface area contributed by atoms with E-state index in [9.17, 15) is 8.78 Å². The van der Waals surface area contributed by atoms with Crippen LogP contribution < -0.4 is 5.73 Å². The molecule has 0 aliphatic heterocycles. The van der Waals surface area contributed by atoms with Crippen molar-refractivity contribution < 1.29 is 8.78 Å². The van der Waals surface area contributed by atoms with Crippen molar-refractivity contribution in [1.82, 2.24) is 4.98 Å². The Morgan fingerprint density at radius 3 is 2.67 bits per heavy atom. The third-order valence-corrected chi connectivity index (χ3v) is 1.52. The molecule has 0 aliphatic carbocycles. The maximum atomic E-state index is 12.1. The van der Waals surface area contributed by atoms with Crippen molar-refractivity contribution in [2.45, 2.75) is 19.4 Å². The Kier molecular flexibility index (Phi) is 2.70. The minimum absolute atomic E-state index is 0.0303. The van der Waals surface area contributed by atoms with E-state index in [0.29, 0.717) is 5.69 Å². The van der Waals surface area contributed by atoms with Gasteiger partial charge in [-0.2, -0.15) is 0 Å². The fourth-order valence-corrected chi connectivity index (χ4v) is 0.850. The Bertz CT molecular complexity index is 238. The molecule has 0 saturated carbocycles. The highest BCUT2D eigenvalue weighted by atomic mass is 19.3. The monoisotopic (exact) mass is 172 g/mol. The van der Waals surface area contributed by atoms with E-state index < -0.39 is 6.43 Å². The van der Waals surface area contributed by atoms with E-state index in [2.05, 4.69) is 4.98 Å². The zero-order chi connectivity index (χ0) is 9.14. The SMILES string of the molecule is CC(N)c1cc(C(F)F)ccn1. The van der Waals surface area contributed by atoms with Crippen molar-refractivity contribution in [2.24, 2.45) is 5.73 Å². The van der Waals surface area contributed by atoms with Gasteiger partial charge in [0.25, 0.3) is 6.43 Å². The second kappa shape index (κ2) is 3.58. The standard InChI is InChI=1S/C8H10F2N2/c1-5(11)7-4-6(8(9)10)2-3-12-7/h2-5,8H,11H2,1H3. The summed E-state index contributed by atoms with van der Waals surface area (Å²) < 4.78 is 24.3. The highest BCUT2D eigenvalue weighted by molar-refractivity contribution is 5.19. The van der Waals surface area contributed by atoms with Gasteiger partial charge in [0.05, 0.1) is 5.69 Å². The first-order valence-electron chi connectivity index (χ1n) is 3.61. The maximum absolute atomic E-state index is 12.1. The first-order chi connectivity index (χ1) is 5.61. The average molecular weight is 172 g/mol. The Labute approximate surface area is 69.4 Å². The van der Waals surface area contributed by atoms with Crippen LogP contribution in [-0.4, -0.2) is 4.98 Å². The zero-order valence-corrected chi connectivity index (χ0v) is 6.67. The molecule has 2 N–H and O–H groups in total. The Morgan fingerprint density at radius 2 is 2.17 bits per heavy atom. The van der Waals surface area contributed by atoms with E-state index in [4.69, 9.17) is 5.73 Å². The largest absolute Gasteiger partial charge is 0.323 e. The van der Waals surface area contributed by atoms with Crippen LogP contribution in [0, 0.1) is 0 Å². The van der Waals surface area contributed by atoms with E-state index in [1.165, 1.54) is 18.3 Å². The lowest BCUT2D eigenvalue weighted by atomic mass is 10.1. The molecule has 1 aromatic heterocycles. The van der Waals surface area contributed by atoms with Crippen molar-refractivity contribution >= 4 is 0 Å². The van der Waals surface area contributed by atoms with Gasteiger partial charge in [-0.25, -0.2) is 8.78 Å². The Hall–Kier alpha value is -1.03. The molecule has 0 aromatic carbocycles. The quantitative estimate of drug-likeness (QED) is 0.741. The van der Waals surface area contributed by atoms with Gasteiger partial charge in [0.15, 0.2) is 0 Å². The van der Waals surface area contributed by atoms with E-state index in [0.717, 1.165) is 0 Å². The van der Waals surface area contributed by atoms with Gasteiger partial charge in [0, 0.05) is 17.8 Å². The fourth-order valence-electron chi connectivity index (χ4n) is 0.850. The number of alkyl halides is 2. The molecule has 2 nitrogen and oxygen atoms in total. The molecule has 0 saturated heterocycles. The molecule has 0 fully saturated rings. The molecule has 1 atom stereocenters. The lowest BCUT2D eigenvalue weighted by Crippen LogP contribution is -2.07. The molecular weight excluding hydrogens is 162 g/mol. The fraction of sp³-hybridized carbons (Fsp3) is 0.375. The van der Waals surface area contributed by atoms with Crippen molar-refractivity contribution in [3.8, 4) is 0 Å². The molecule has 12 heavy (non-hydrogen) atoms. The summed E-state index contributed by atoms with van der Waals surface area (Å²) in [6.45, 7) is 1.71. The van der Waals surface area contributed by atoms with Crippen molar-refractivity contribution in [2.75, 3.05) is 0 Å². The molecule has 1 unspecified atom stereocenters. The second-order valence-corrected chi connectivity index (χ2v) is 2.60. The highest BCUT2D eigenvalue weighted by Crippen LogP contribution is 2.19. The number of hydrogen-bond donors (Lipinski definition) is 1. The van der Waals surface area contributed by atoms with Crippen LogP contribution in [-0.2, 0) is 0 Å². The highest BCUT2D eigenvalue weighted by Gasteiger charge is 2.09.